The van der Waals surface area contributed by atoms with Crippen LogP contribution in [0.2, 0.25) is 0 Å². The smallest absolute Gasteiger partial charge is 0.0710 e. The summed E-state index contributed by atoms with van der Waals surface area (Å²) in [5.41, 5.74) is 6.11. The summed E-state index contributed by atoms with van der Waals surface area (Å²) in [6.45, 7) is 9.87. The molecule has 2 rings (SSSR count). The molecule has 2 aliphatic rings. The normalized spacial score (nSPS) is 41.2. The molecule has 2 heterocycles. The van der Waals surface area contributed by atoms with Gasteiger partial charge in [0.15, 0.2) is 0 Å². The number of nitrogens with zero attached hydrogens (tertiary/aromatic N) is 1. The van der Waals surface area contributed by atoms with Crippen molar-refractivity contribution >= 4 is 0 Å². The number of nitrogens with two attached hydrogens (primary N) is 1. The third-order valence-electron chi connectivity index (χ3n) is 3.76. The van der Waals surface area contributed by atoms with Gasteiger partial charge in [0.25, 0.3) is 0 Å². The summed E-state index contributed by atoms with van der Waals surface area (Å²) < 4.78 is 6.00. The van der Waals surface area contributed by atoms with Crippen LogP contribution in [-0.2, 0) is 4.74 Å². The first-order valence-electron chi connectivity index (χ1n) is 6.12. The molecule has 2 N–H and O–H groups in total. The highest BCUT2D eigenvalue weighted by Crippen LogP contribution is 2.30. The fourth-order valence-corrected chi connectivity index (χ4v) is 2.74. The van der Waals surface area contributed by atoms with Gasteiger partial charge in [0.1, 0.15) is 0 Å². The van der Waals surface area contributed by atoms with E-state index in [1.165, 1.54) is 12.8 Å². The zero-order valence-electron chi connectivity index (χ0n) is 10.2. The van der Waals surface area contributed by atoms with E-state index in [2.05, 4.69) is 25.7 Å². The number of likely N-dealkylation sites (tertiary alicyclic amines) is 1. The molecule has 3 unspecified atom stereocenters. The minimum Gasteiger partial charge on any atom is -0.371 e. The van der Waals surface area contributed by atoms with Gasteiger partial charge in [-0.2, -0.15) is 0 Å². The van der Waals surface area contributed by atoms with E-state index in [-0.39, 0.29) is 5.60 Å². The van der Waals surface area contributed by atoms with Gasteiger partial charge in [0.05, 0.1) is 11.7 Å². The van der Waals surface area contributed by atoms with Crippen LogP contribution < -0.4 is 5.73 Å². The van der Waals surface area contributed by atoms with E-state index in [4.69, 9.17) is 10.5 Å². The van der Waals surface area contributed by atoms with Gasteiger partial charge in [-0.15, -0.1) is 0 Å². The Morgan fingerprint density at radius 2 is 2.13 bits per heavy atom. The highest BCUT2D eigenvalue weighted by Gasteiger charge is 2.35. The van der Waals surface area contributed by atoms with Crippen LogP contribution in [0.25, 0.3) is 0 Å². The van der Waals surface area contributed by atoms with Gasteiger partial charge in [0, 0.05) is 25.7 Å². The second-order valence-electron chi connectivity index (χ2n) is 5.90. The SMILES string of the molecule is CC1CN(CC2CCC(C)(C)O2)CC1N. The van der Waals surface area contributed by atoms with Gasteiger partial charge in [-0.05, 0) is 32.6 Å². The van der Waals surface area contributed by atoms with Crippen LogP contribution in [0.15, 0.2) is 0 Å². The summed E-state index contributed by atoms with van der Waals surface area (Å²) in [6.07, 6.45) is 2.82. The average Bonchev–Trinajstić information content (AvgIpc) is 2.58. The largest absolute Gasteiger partial charge is 0.371 e. The van der Waals surface area contributed by atoms with E-state index in [0.29, 0.717) is 18.1 Å². The van der Waals surface area contributed by atoms with Gasteiger partial charge in [-0.3, -0.25) is 4.90 Å². The molecule has 3 nitrogen and oxygen atoms in total. The Hall–Kier alpha value is -0.120. The van der Waals surface area contributed by atoms with Gasteiger partial charge >= 0.3 is 0 Å². The van der Waals surface area contributed by atoms with Crippen molar-refractivity contribution in [2.45, 2.75) is 51.4 Å². The highest BCUT2D eigenvalue weighted by atomic mass is 16.5. The molecular weight excluding hydrogens is 188 g/mol. The summed E-state index contributed by atoms with van der Waals surface area (Å²) in [6, 6.07) is 0.361. The molecule has 3 heteroatoms. The lowest BCUT2D eigenvalue weighted by Crippen LogP contribution is -2.34. The van der Waals surface area contributed by atoms with Crippen LogP contribution in [0.1, 0.15) is 33.6 Å². The lowest BCUT2D eigenvalue weighted by molar-refractivity contribution is -0.0265. The third kappa shape index (κ3) is 2.71. The lowest BCUT2D eigenvalue weighted by atomic mass is 10.1. The molecule has 0 aromatic heterocycles. The van der Waals surface area contributed by atoms with Gasteiger partial charge in [-0.25, -0.2) is 0 Å². The maximum atomic E-state index is 6.01. The molecule has 0 radical (unpaired) electrons. The molecule has 2 saturated heterocycles. The van der Waals surface area contributed by atoms with E-state index in [9.17, 15) is 0 Å². The zero-order valence-corrected chi connectivity index (χ0v) is 10.2. The summed E-state index contributed by atoms with van der Waals surface area (Å²) in [5.74, 6) is 0.638. The second kappa shape index (κ2) is 4.04. The fourth-order valence-electron chi connectivity index (χ4n) is 2.74. The Kier molecular flexibility index (Phi) is 3.06. The number of rotatable bonds is 2. The molecule has 0 bridgehead atoms. The molecule has 2 aliphatic heterocycles. The Morgan fingerprint density at radius 3 is 2.60 bits per heavy atom. The van der Waals surface area contributed by atoms with E-state index in [1.54, 1.807) is 0 Å². The van der Waals surface area contributed by atoms with Crippen LogP contribution in [0, 0.1) is 5.92 Å². The van der Waals surface area contributed by atoms with E-state index in [0.717, 1.165) is 19.6 Å². The van der Waals surface area contributed by atoms with Crippen molar-refractivity contribution in [1.29, 1.82) is 0 Å². The van der Waals surface area contributed by atoms with Crippen molar-refractivity contribution < 1.29 is 4.74 Å². The second-order valence-corrected chi connectivity index (χ2v) is 5.90. The van der Waals surface area contributed by atoms with Crippen molar-refractivity contribution in [3.05, 3.63) is 0 Å². The van der Waals surface area contributed by atoms with Crippen LogP contribution >= 0.6 is 0 Å². The molecule has 0 saturated carbocycles. The van der Waals surface area contributed by atoms with Gasteiger partial charge < -0.3 is 10.5 Å². The number of ether oxygens (including phenoxy) is 1. The number of hydrogen-bond acceptors (Lipinski definition) is 3. The molecule has 3 atom stereocenters. The van der Waals surface area contributed by atoms with Gasteiger partial charge in [-0.1, -0.05) is 6.92 Å². The summed E-state index contributed by atoms with van der Waals surface area (Å²) >= 11 is 0. The molecule has 0 aliphatic carbocycles. The summed E-state index contributed by atoms with van der Waals surface area (Å²) in [5, 5.41) is 0. The topological polar surface area (TPSA) is 38.5 Å². The molecular formula is C12H24N2O. The summed E-state index contributed by atoms with van der Waals surface area (Å²) in [7, 11) is 0. The predicted octanol–water partition coefficient (Wildman–Crippen LogP) is 1.22. The lowest BCUT2D eigenvalue weighted by Gasteiger charge is -2.23. The monoisotopic (exact) mass is 212 g/mol. The third-order valence-corrected chi connectivity index (χ3v) is 3.76. The predicted molar refractivity (Wildman–Crippen MR) is 61.8 cm³/mol. The molecule has 15 heavy (non-hydrogen) atoms. The zero-order chi connectivity index (χ0) is 11.1. The standard InChI is InChI=1S/C12H24N2O/c1-9-6-14(8-11(9)13)7-10-4-5-12(2,3)15-10/h9-11H,4-8,13H2,1-3H3. The summed E-state index contributed by atoms with van der Waals surface area (Å²) in [4.78, 5) is 2.46. The van der Waals surface area contributed by atoms with Crippen molar-refractivity contribution in [2.75, 3.05) is 19.6 Å². The van der Waals surface area contributed by atoms with E-state index in [1.807, 2.05) is 0 Å². The Labute approximate surface area is 93.0 Å². The molecule has 0 aromatic rings. The molecule has 0 aromatic carbocycles. The molecule has 0 amide bonds. The average molecular weight is 212 g/mol. The van der Waals surface area contributed by atoms with Crippen LogP contribution in [-0.4, -0.2) is 42.3 Å². The Morgan fingerprint density at radius 1 is 1.40 bits per heavy atom. The van der Waals surface area contributed by atoms with Crippen LogP contribution in [0.5, 0.6) is 0 Å². The Balaban J connectivity index is 1.79. The van der Waals surface area contributed by atoms with Crippen LogP contribution in [0.3, 0.4) is 0 Å². The maximum Gasteiger partial charge on any atom is 0.0710 e. The quantitative estimate of drug-likeness (QED) is 0.748. The molecule has 0 spiro atoms. The van der Waals surface area contributed by atoms with E-state index >= 15 is 0 Å². The van der Waals surface area contributed by atoms with E-state index < -0.39 is 0 Å². The molecule has 88 valence electrons. The van der Waals surface area contributed by atoms with Crippen LogP contribution in [0.4, 0.5) is 0 Å². The Bertz CT molecular complexity index is 220. The van der Waals surface area contributed by atoms with Crippen molar-refractivity contribution in [3.8, 4) is 0 Å². The van der Waals surface area contributed by atoms with Crippen molar-refractivity contribution in [2.24, 2.45) is 11.7 Å². The fraction of sp³-hybridized carbons (Fsp3) is 1.00. The first kappa shape index (κ1) is 11.4. The highest BCUT2D eigenvalue weighted by molar-refractivity contribution is 4.88. The van der Waals surface area contributed by atoms with Gasteiger partial charge in [0.2, 0.25) is 0 Å². The first-order valence-corrected chi connectivity index (χ1v) is 6.12. The minimum atomic E-state index is 0.0954. The first-order chi connectivity index (χ1) is 6.96. The van der Waals surface area contributed by atoms with Crippen molar-refractivity contribution in [3.63, 3.8) is 0 Å². The number of hydrogen-bond donors (Lipinski definition) is 1. The minimum absolute atomic E-state index is 0.0954. The van der Waals surface area contributed by atoms with Crippen molar-refractivity contribution in [1.82, 2.24) is 4.90 Å². The molecule has 2 fully saturated rings. The maximum absolute atomic E-state index is 6.01.